The van der Waals surface area contributed by atoms with Crippen LogP contribution < -0.4 is 0 Å². The van der Waals surface area contributed by atoms with Crippen molar-refractivity contribution in [2.24, 2.45) is 0 Å². The fourth-order valence-electron chi connectivity index (χ4n) is 1.51. The van der Waals surface area contributed by atoms with Crippen molar-refractivity contribution in [3.05, 3.63) is 71.3 Å². The molecule has 0 unspecified atom stereocenters. The summed E-state index contributed by atoms with van der Waals surface area (Å²) in [6.45, 7) is 2.02. The molecule has 0 saturated carbocycles. The number of aliphatic hydroxyl groups is 1. The van der Waals surface area contributed by atoms with E-state index in [4.69, 9.17) is 0 Å². The van der Waals surface area contributed by atoms with Gasteiger partial charge in [0.2, 0.25) is 0 Å². The Morgan fingerprint density at radius 1 is 0.941 bits per heavy atom. The average Bonchev–Trinajstić information content (AvgIpc) is 2.38. The summed E-state index contributed by atoms with van der Waals surface area (Å²) >= 11 is 0. The Hall–Kier alpha value is -2.04. The molecule has 0 bridgehead atoms. The first-order chi connectivity index (χ1) is 8.25. The molecule has 2 rings (SSSR count). The number of aliphatic hydroxyl groups excluding tert-OH is 1. The summed E-state index contributed by atoms with van der Waals surface area (Å²) in [6.07, 6.45) is -0.726. The van der Waals surface area contributed by atoms with Crippen LogP contribution in [0.1, 0.15) is 22.8 Å². The Morgan fingerprint density at radius 3 is 2.24 bits per heavy atom. The molecule has 17 heavy (non-hydrogen) atoms. The maximum atomic E-state index is 9.90. The molecular formula is C16H14O. The predicted molar refractivity (Wildman–Crippen MR) is 69.5 cm³/mol. The smallest absolute Gasteiger partial charge is 0.140 e. The van der Waals surface area contributed by atoms with Gasteiger partial charge in [-0.15, -0.1) is 0 Å². The largest absolute Gasteiger partial charge is 0.376 e. The predicted octanol–water partition coefficient (Wildman–Crippen LogP) is 3.08. The maximum Gasteiger partial charge on any atom is 0.140 e. The van der Waals surface area contributed by atoms with Gasteiger partial charge in [0.15, 0.2) is 0 Å². The van der Waals surface area contributed by atoms with Crippen molar-refractivity contribution < 1.29 is 5.11 Å². The van der Waals surface area contributed by atoms with E-state index in [1.165, 1.54) is 5.56 Å². The van der Waals surface area contributed by atoms with Gasteiger partial charge in [-0.25, -0.2) is 0 Å². The summed E-state index contributed by atoms with van der Waals surface area (Å²) in [7, 11) is 0. The number of hydrogen-bond acceptors (Lipinski definition) is 1. The Morgan fingerprint density at radius 2 is 1.59 bits per heavy atom. The van der Waals surface area contributed by atoms with Crippen LogP contribution in [0.15, 0.2) is 54.6 Å². The van der Waals surface area contributed by atoms with Crippen molar-refractivity contribution in [3.8, 4) is 11.8 Å². The lowest BCUT2D eigenvalue weighted by atomic mass is 10.1. The van der Waals surface area contributed by atoms with Crippen LogP contribution >= 0.6 is 0 Å². The van der Waals surface area contributed by atoms with Gasteiger partial charge in [-0.3, -0.25) is 0 Å². The van der Waals surface area contributed by atoms with Gasteiger partial charge >= 0.3 is 0 Å². The lowest BCUT2D eigenvalue weighted by Crippen LogP contribution is -1.93. The highest BCUT2D eigenvalue weighted by molar-refractivity contribution is 5.37. The van der Waals surface area contributed by atoms with Crippen LogP contribution in [0.3, 0.4) is 0 Å². The zero-order valence-corrected chi connectivity index (χ0v) is 9.72. The van der Waals surface area contributed by atoms with Gasteiger partial charge in [0.25, 0.3) is 0 Å². The molecule has 1 N–H and O–H groups in total. The van der Waals surface area contributed by atoms with Gasteiger partial charge in [0.1, 0.15) is 6.10 Å². The van der Waals surface area contributed by atoms with E-state index in [0.29, 0.717) is 0 Å². The van der Waals surface area contributed by atoms with Crippen LogP contribution in [-0.4, -0.2) is 5.11 Å². The fourth-order valence-corrected chi connectivity index (χ4v) is 1.51. The summed E-state index contributed by atoms with van der Waals surface area (Å²) < 4.78 is 0. The third kappa shape index (κ3) is 3.21. The van der Waals surface area contributed by atoms with Crippen molar-refractivity contribution >= 4 is 0 Å². The number of hydrogen-bond donors (Lipinski definition) is 1. The second-order valence-corrected chi connectivity index (χ2v) is 3.95. The molecule has 1 atom stereocenters. The molecule has 1 heteroatoms. The third-order valence-corrected chi connectivity index (χ3v) is 2.52. The van der Waals surface area contributed by atoms with Crippen molar-refractivity contribution in [1.82, 2.24) is 0 Å². The molecule has 0 aliphatic carbocycles. The van der Waals surface area contributed by atoms with E-state index in [1.54, 1.807) is 0 Å². The highest BCUT2D eigenvalue weighted by Crippen LogP contribution is 2.12. The summed E-state index contributed by atoms with van der Waals surface area (Å²) in [4.78, 5) is 0. The first-order valence-corrected chi connectivity index (χ1v) is 5.57. The van der Waals surface area contributed by atoms with Gasteiger partial charge < -0.3 is 5.11 Å². The minimum atomic E-state index is -0.726. The van der Waals surface area contributed by atoms with Crippen LogP contribution in [0.2, 0.25) is 0 Å². The van der Waals surface area contributed by atoms with Crippen molar-refractivity contribution in [2.75, 3.05) is 0 Å². The molecule has 0 aromatic heterocycles. The van der Waals surface area contributed by atoms with Crippen molar-refractivity contribution in [2.45, 2.75) is 13.0 Å². The molecule has 0 spiro atoms. The van der Waals surface area contributed by atoms with Crippen LogP contribution in [0.25, 0.3) is 0 Å². The van der Waals surface area contributed by atoms with Crippen LogP contribution in [-0.2, 0) is 0 Å². The maximum absolute atomic E-state index is 9.90. The second-order valence-electron chi connectivity index (χ2n) is 3.95. The lowest BCUT2D eigenvalue weighted by Gasteiger charge is -2.03. The molecule has 0 amide bonds. The molecule has 84 valence electrons. The highest BCUT2D eigenvalue weighted by atomic mass is 16.3. The van der Waals surface area contributed by atoms with E-state index in [0.717, 1.165) is 11.1 Å². The average molecular weight is 222 g/mol. The Labute approximate surface area is 102 Å². The summed E-state index contributed by atoms with van der Waals surface area (Å²) in [5.74, 6) is 5.80. The Balaban J connectivity index is 2.15. The molecule has 0 fully saturated rings. The van der Waals surface area contributed by atoms with Crippen LogP contribution in [0, 0.1) is 18.8 Å². The standard InChI is InChI=1S/C16H14O/c1-13-7-10-15(11-8-13)16(17)12-9-14-5-3-2-4-6-14/h2-8,10-11,16-17H,1H3/t16-/m0/s1. The molecule has 0 aliphatic heterocycles. The molecule has 1 nitrogen and oxygen atoms in total. The Bertz CT molecular complexity index is 529. The second kappa shape index (κ2) is 5.34. The van der Waals surface area contributed by atoms with E-state index < -0.39 is 6.10 Å². The minimum Gasteiger partial charge on any atom is -0.376 e. The number of aryl methyl sites for hydroxylation is 1. The first-order valence-electron chi connectivity index (χ1n) is 5.57. The normalized spacial score (nSPS) is 11.4. The number of rotatable bonds is 1. The molecule has 0 heterocycles. The summed E-state index contributed by atoms with van der Waals surface area (Å²) in [6, 6.07) is 17.4. The summed E-state index contributed by atoms with van der Waals surface area (Å²) in [5, 5.41) is 9.90. The van der Waals surface area contributed by atoms with E-state index in [9.17, 15) is 5.11 Å². The van der Waals surface area contributed by atoms with Crippen LogP contribution in [0.5, 0.6) is 0 Å². The lowest BCUT2D eigenvalue weighted by molar-refractivity contribution is 0.238. The number of benzene rings is 2. The zero-order chi connectivity index (χ0) is 12.1. The summed E-state index contributed by atoms with van der Waals surface area (Å²) in [5.41, 5.74) is 2.93. The zero-order valence-electron chi connectivity index (χ0n) is 9.72. The molecule has 0 radical (unpaired) electrons. The van der Waals surface area contributed by atoms with Gasteiger partial charge in [-0.05, 0) is 24.6 Å². The van der Waals surface area contributed by atoms with Crippen molar-refractivity contribution in [1.29, 1.82) is 0 Å². The third-order valence-electron chi connectivity index (χ3n) is 2.52. The SMILES string of the molecule is Cc1ccc([C@@H](O)C#Cc2ccccc2)cc1. The Kier molecular flexibility index (Phi) is 3.59. The van der Waals surface area contributed by atoms with Gasteiger partial charge in [-0.2, -0.15) is 0 Å². The van der Waals surface area contributed by atoms with Crippen LogP contribution in [0.4, 0.5) is 0 Å². The molecule has 0 aliphatic rings. The minimum absolute atomic E-state index is 0.726. The van der Waals surface area contributed by atoms with Gasteiger partial charge in [0.05, 0.1) is 0 Å². The van der Waals surface area contributed by atoms with Gasteiger partial charge in [0, 0.05) is 5.56 Å². The van der Waals surface area contributed by atoms with Crippen molar-refractivity contribution in [3.63, 3.8) is 0 Å². The van der Waals surface area contributed by atoms with E-state index >= 15 is 0 Å². The fraction of sp³-hybridized carbons (Fsp3) is 0.125. The van der Waals surface area contributed by atoms with E-state index in [-0.39, 0.29) is 0 Å². The molecule has 2 aromatic rings. The first kappa shape index (κ1) is 11.4. The monoisotopic (exact) mass is 222 g/mol. The van der Waals surface area contributed by atoms with E-state index in [2.05, 4.69) is 11.8 Å². The molecular weight excluding hydrogens is 208 g/mol. The molecule has 0 saturated heterocycles. The van der Waals surface area contributed by atoms with E-state index in [1.807, 2.05) is 61.5 Å². The quantitative estimate of drug-likeness (QED) is 0.735. The molecule has 2 aromatic carbocycles. The topological polar surface area (TPSA) is 20.2 Å². The highest BCUT2D eigenvalue weighted by Gasteiger charge is 2.01. The van der Waals surface area contributed by atoms with Gasteiger partial charge in [-0.1, -0.05) is 59.9 Å².